The van der Waals surface area contributed by atoms with Crippen LogP contribution in [0.2, 0.25) is 0 Å². The largest absolute Gasteiger partial charge is 0.384 e. The lowest BCUT2D eigenvalue weighted by atomic mass is 10.1. The number of nitrogens with one attached hydrogen (secondary N) is 1. The first-order chi connectivity index (χ1) is 10.6. The van der Waals surface area contributed by atoms with Crippen LogP contribution in [0.15, 0.2) is 12.4 Å². The van der Waals surface area contributed by atoms with Crippen molar-refractivity contribution in [2.45, 2.75) is 45.8 Å². The third-order valence-electron chi connectivity index (χ3n) is 3.86. The van der Waals surface area contributed by atoms with Gasteiger partial charge >= 0.3 is 0 Å². The van der Waals surface area contributed by atoms with E-state index in [0.29, 0.717) is 11.7 Å². The first-order valence-electron chi connectivity index (χ1n) is 7.55. The van der Waals surface area contributed by atoms with Crippen LogP contribution in [0.1, 0.15) is 37.3 Å². The van der Waals surface area contributed by atoms with Crippen molar-refractivity contribution in [1.82, 2.24) is 29.9 Å². The minimum absolute atomic E-state index is 0.0900. The van der Waals surface area contributed by atoms with Crippen LogP contribution >= 0.6 is 0 Å². The highest BCUT2D eigenvalue weighted by Crippen LogP contribution is 2.40. The van der Waals surface area contributed by atoms with Gasteiger partial charge in [0.25, 0.3) is 0 Å². The molecule has 0 aromatic carbocycles. The maximum Gasteiger partial charge on any atom is 0.242 e. The van der Waals surface area contributed by atoms with Crippen LogP contribution < -0.4 is 11.1 Å². The van der Waals surface area contributed by atoms with Gasteiger partial charge in [0.2, 0.25) is 5.91 Å². The Bertz CT molecular complexity index is 671. The molecule has 22 heavy (non-hydrogen) atoms. The standard InChI is InChI=1S/C14H21N7O/c1-3-20-14(16-8-17-20)13(10-4-5-10)18-12(22)7-21-11(15)6-9(2)19-21/h6,8,10,13H,3-5,7,15H2,1-2H3,(H,18,22)/t13-/m0/s1. The van der Waals surface area contributed by atoms with Gasteiger partial charge in [0, 0.05) is 12.6 Å². The van der Waals surface area contributed by atoms with Crippen LogP contribution in [0.25, 0.3) is 0 Å². The monoisotopic (exact) mass is 303 g/mol. The number of anilines is 1. The average molecular weight is 303 g/mol. The summed E-state index contributed by atoms with van der Waals surface area (Å²) in [7, 11) is 0. The van der Waals surface area contributed by atoms with Crippen LogP contribution in [0.5, 0.6) is 0 Å². The highest BCUT2D eigenvalue weighted by molar-refractivity contribution is 5.76. The van der Waals surface area contributed by atoms with Gasteiger partial charge in [-0.3, -0.25) is 4.79 Å². The summed E-state index contributed by atoms with van der Waals surface area (Å²) in [6.45, 7) is 4.71. The Kier molecular flexibility index (Phi) is 3.82. The van der Waals surface area contributed by atoms with Crippen LogP contribution in [0.3, 0.4) is 0 Å². The van der Waals surface area contributed by atoms with E-state index in [1.54, 1.807) is 6.07 Å². The van der Waals surface area contributed by atoms with Gasteiger partial charge in [-0.25, -0.2) is 14.3 Å². The SMILES string of the molecule is CCn1ncnc1[C@@H](NC(=O)Cn1nc(C)cc1N)C1CC1. The van der Waals surface area contributed by atoms with E-state index in [4.69, 9.17) is 5.73 Å². The molecule has 0 spiro atoms. The summed E-state index contributed by atoms with van der Waals surface area (Å²) < 4.78 is 3.34. The molecular weight excluding hydrogens is 282 g/mol. The molecule has 2 aromatic heterocycles. The Morgan fingerprint density at radius 3 is 2.86 bits per heavy atom. The highest BCUT2D eigenvalue weighted by Gasteiger charge is 2.36. The molecule has 3 rings (SSSR count). The van der Waals surface area contributed by atoms with Crippen LogP contribution in [0, 0.1) is 12.8 Å². The molecule has 0 radical (unpaired) electrons. The van der Waals surface area contributed by atoms with E-state index in [0.717, 1.165) is 30.9 Å². The third kappa shape index (κ3) is 2.95. The molecule has 118 valence electrons. The number of nitrogens with two attached hydrogens (primary N) is 1. The van der Waals surface area contributed by atoms with Crippen LogP contribution in [-0.4, -0.2) is 30.5 Å². The van der Waals surface area contributed by atoms with Crippen molar-refractivity contribution in [2.75, 3.05) is 5.73 Å². The molecule has 2 aromatic rings. The number of nitrogen functional groups attached to an aromatic ring is 1. The Labute approximate surface area is 128 Å². The topological polar surface area (TPSA) is 104 Å². The zero-order chi connectivity index (χ0) is 15.7. The summed E-state index contributed by atoms with van der Waals surface area (Å²) in [4.78, 5) is 16.6. The van der Waals surface area contributed by atoms with Gasteiger partial charge in [0.15, 0.2) is 0 Å². The first kappa shape index (κ1) is 14.6. The maximum absolute atomic E-state index is 12.3. The summed E-state index contributed by atoms with van der Waals surface area (Å²) in [6, 6.07) is 1.66. The zero-order valence-electron chi connectivity index (χ0n) is 12.9. The smallest absolute Gasteiger partial charge is 0.242 e. The molecule has 0 unspecified atom stereocenters. The van der Waals surface area contributed by atoms with E-state index in [1.165, 1.54) is 11.0 Å². The fourth-order valence-electron chi connectivity index (χ4n) is 2.63. The second-order valence-corrected chi connectivity index (χ2v) is 5.68. The molecule has 1 amide bonds. The van der Waals surface area contributed by atoms with Crippen LogP contribution in [-0.2, 0) is 17.9 Å². The summed E-state index contributed by atoms with van der Waals surface area (Å²) in [5.74, 6) is 1.64. The van der Waals surface area contributed by atoms with E-state index in [2.05, 4.69) is 20.5 Å². The molecule has 1 atom stereocenters. The number of nitrogens with zero attached hydrogens (tertiary/aromatic N) is 5. The Hall–Kier alpha value is -2.38. The second-order valence-electron chi connectivity index (χ2n) is 5.68. The highest BCUT2D eigenvalue weighted by atomic mass is 16.2. The predicted octanol–water partition coefficient (Wildman–Crippen LogP) is 0.653. The van der Waals surface area contributed by atoms with E-state index in [-0.39, 0.29) is 18.5 Å². The molecule has 1 aliphatic rings. The normalized spacial score (nSPS) is 15.7. The number of rotatable bonds is 6. The summed E-state index contributed by atoms with van der Waals surface area (Å²) in [5, 5.41) is 11.5. The van der Waals surface area contributed by atoms with Crippen molar-refractivity contribution in [3.8, 4) is 0 Å². The number of aromatic nitrogens is 5. The van der Waals surface area contributed by atoms with Gasteiger partial charge in [-0.15, -0.1) is 0 Å². The van der Waals surface area contributed by atoms with Crippen molar-refractivity contribution in [1.29, 1.82) is 0 Å². The molecule has 1 aliphatic carbocycles. The summed E-state index contributed by atoms with van der Waals surface area (Å²) >= 11 is 0. The zero-order valence-corrected chi connectivity index (χ0v) is 12.9. The lowest BCUT2D eigenvalue weighted by Gasteiger charge is -2.18. The predicted molar refractivity (Wildman–Crippen MR) is 80.7 cm³/mol. The van der Waals surface area contributed by atoms with Crippen molar-refractivity contribution in [3.63, 3.8) is 0 Å². The van der Waals surface area contributed by atoms with E-state index >= 15 is 0 Å². The lowest BCUT2D eigenvalue weighted by Crippen LogP contribution is -2.34. The van der Waals surface area contributed by atoms with Gasteiger partial charge in [-0.05, 0) is 32.6 Å². The van der Waals surface area contributed by atoms with Crippen molar-refractivity contribution in [3.05, 3.63) is 23.9 Å². The van der Waals surface area contributed by atoms with Crippen molar-refractivity contribution < 1.29 is 4.79 Å². The quantitative estimate of drug-likeness (QED) is 0.815. The molecule has 3 N–H and O–H groups in total. The van der Waals surface area contributed by atoms with E-state index in [9.17, 15) is 4.79 Å². The molecule has 0 saturated heterocycles. The number of aryl methyl sites for hydroxylation is 2. The third-order valence-corrected chi connectivity index (χ3v) is 3.86. The number of hydrogen-bond donors (Lipinski definition) is 2. The fraction of sp³-hybridized carbons (Fsp3) is 0.571. The van der Waals surface area contributed by atoms with Gasteiger partial charge in [0.1, 0.15) is 24.5 Å². The van der Waals surface area contributed by atoms with Crippen LogP contribution in [0.4, 0.5) is 5.82 Å². The molecule has 8 nitrogen and oxygen atoms in total. The average Bonchev–Trinajstić information content (AvgIpc) is 3.12. The molecular formula is C14H21N7O. The molecule has 1 saturated carbocycles. The fourth-order valence-corrected chi connectivity index (χ4v) is 2.63. The lowest BCUT2D eigenvalue weighted by molar-refractivity contribution is -0.122. The minimum atomic E-state index is -0.114. The first-order valence-corrected chi connectivity index (χ1v) is 7.55. The number of amides is 1. The maximum atomic E-state index is 12.3. The molecule has 8 heteroatoms. The second kappa shape index (κ2) is 5.78. The Balaban J connectivity index is 1.71. The minimum Gasteiger partial charge on any atom is -0.384 e. The molecule has 0 bridgehead atoms. The molecule has 2 heterocycles. The Morgan fingerprint density at radius 2 is 2.27 bits per heavy atom. The van der Waals surface area contributed by atoms with Gasteiger partial charge in [-0.2, -0.15) is 10.2 Å². The van der Waals surface area contributed by atoms with E-state index in [1.807, 2.05) is 18.5 Å². The van der Waals surface area contributed by atoms with Gasteiger partial charge in [-0.1, -0.05) is 0 Å². The van der Waals surface area contributed by atoms with Gasteiger partial charge < -0.3 is 11.1 Å². The number of carbonyl (C=O) groups excluding carboxylic acids is 1. The summed E-state index contributed by atoms with van der Waals surface area (Å²) in [5.41, 5.74) is 6.63. The molecule has 0 aliphatic heterocycles. The molecule has 1 fully saturated rings. The van der Waals surface area contributed by atoms with E-state index < -0.39 is 0 Å². The van der Waals surface area contributed by atoms with Crippen molar-refractivity contribution >= 4 is 11.7 Å². The number of hydrogen-bond acceptors (Lipinski definition) is 5. The number of carbonyl (C=O) groups is 1. The Morgan fingerprint density at radius 1 is 1.50 bits per heavy atom. The van der Waals surface area contributed by atoms with Gasteiger partial charge in [0.05, 0.1) is 11.7 Å². The summed E-state index contributed by atoms with van der Waals surface area (Å²) in [6.07, 6.45) is 3.74. The van der Waals surface area contributed by atoms with Crippen molar-refractivity contribution in [2.24, 2.45) is 5.92 Å².